The number of rotatable bonds is 32. The molecule has 0 aromatic carbocycles. The molecule has 2 aliphatic rings. The molecule has 2 fully saturated rings. The van der Waals surface area contributed by atoms with E-state index in [1.165, 1.54) is 0 Å². The quantitative estimate of drug-likeness (QED) is 0.0170. The van der Waals surface area contributed by atoms with Crippen LogP contribution in [0.15, 0.2) is 0 Å². The summed E-state index contributed by atoms with van der Waals surface area (Å²) < 4.78 is 48.8. The number of carbonyl (C=O) groups excluding carboxylic acids is 6. The van der Waals surface area contributed by atoms with E-state index in [1.54, 1.807) is 0 Å². The van der Waals surface area contributed by atoms with E-state index in [9.17, 15) is 79.8 Å². The molecule has 25 nitrogen and oxygen atoms in total. The molecule has 10 N–H and O–H groups in total. The molecule has 2 rings (SSSR count). The fraction of sp³-hybridized carbons (Fsp3) is 0.842. The summed E-state index contributed by atoms with van der Waals surface area (Å²) in [5.41, 5.74) is -15.3. The summed E-state index contributed by atoms with van der Waals surface area (Å²) in [4.78, 5) is 79.0. The van der Waals surface area contributed by atoms with Crippen molar-refractivity contribution in [1.82, 2.24) is 0 Å². The van der Waals surface area contributed by atoms with Crippen molar-refractivity contribution in [1.29, 1.82) is 0 Å². The number of hydrogen-bond acceptors (Lipinski definition) is 25. The molecule has 2 unspecified atom stereocenters. The van der Waals surface area contributed by atoms with Gasteiger partial charge in [-0.15, -0.1) is 0 Å². The summed E-state index contributed by atoms with van der Waals surface area (Å²) in [5, 5.41) is 98.3. The van der Waals surface area contributed by atoms with E-state index in [4.69, 9.17) is 42.6 Å². The highest BCUT2D eigenvalue weighted by atomic mass is 16.7. The molecule has 0 spiro atoms. The maximum absolute atomic E-state index is 13.2. The number of epoxide rings is 2. The highest BCUT2D eigenvalue weighted by Gasteiger charge is 2.56. The fourth-order valence-corrected chi connectivity index (χ4v) is 4.69. The van der Waals surface area contributed by atoms with Gasteiger partial charge in [-0.05, 0) is 27.7 Å². The summed E-state index contributed by atoms with van der Waals surface area (Å²) in [5.74, 6) is -7.12. The van der Waals surface area contributed by atoms with Gasteiger partial charge in [0.05, 0.1) is 103 Å². The first-order chi connectivity index (χ1) is 29.5. The van der Waals surface area contributed by atoms with Gasteiger partial charge in [-0.3, -0.25) is 19.2 Å². The SMILES string of the molecule is CC(CO)(CO)C(=O)OCC(COCC(COC(=O)C(C)(CO)CO)(COC(=O)C(C)(CO)CO)COC(=O)C1(CO)CO1)(COC(=O)C(C)(CO)CO)COC(=O)C1(CO)CO1. The number of aliphatic hydroxyl groups excluding tert-OH is 10. The van der Waals surface area contributed by atoms with Crippen LogP contribution in [-0.4, -0.2) is 230 Å². The molecule has 0 radical (unpaired) electrons. The minimum absolute atomic E-state index is 0.259. The molecule has 0 aromatic heterocycles. The molecule has 63 heavy (non-hydrogen) atoms. The monoisotopic (exact) mass is 918 g/mol. The molecule has 0 saturated carbocycles. The third-order valence-corrected chi connectivity index (χ3v) is 10.9. The molecule has 2 aliphatic heterocycles. The van der Waals surface area contributed by atoms with E-state index in [0.717, 1.165) is 27.7 Å². The Morgan fingerprint density at radius 1 is 0.397 bits per heavy atom. The van der Waals surface area contributed by atoms with E-state index in [2.05, 4.69) is 0 Å². The molecule has 0 aliphatic carbocycles. The Hall–Kier alpha value is -3.70. The first-order valence-electron chi connectivity index (χ1n) is 19.5. The van der Waals surface area contributed by atoms with Crippen LogP contribution in [0.25, 0.3) is 0 Å². The number of carbonyl (C=O) groups is 6. The average Bonchev–Trinajstić information content (AvgIpc) is 4.26. The van der Waals surface area contributed by atoms with Gasteiger partial charge in [-0.2, -0.15) is 0 Å². The van der Waals surface area contributed by atoms with Crippen molar-refractivity contribution < 1.29 is 122 Å². The second-order valence-corrected chi connectivity index (χ2v) is 17.3. The predicted molar refractivity (Wildman–Crippen MR) is 202 cm³/mol. The Morgan fingerprint density at radius 2 is 0.603 bits per heavy atom. The van der Waals surface area contributed by atoms with E-state index in [-0.39, 0.29) is 13.2 Å². The molecule has 364 valence electrons. The zero-order valence-electron chi connectivity index (χ0n) is 35.7. The molecule has 0 aromatic rings. The minimum Gasteiger partial charge on any atom is -0.464 e. The van der Waals surface area contributed by atoms with Gasteiger partial charge in [0.2, 0.25) is 11.2 Å². The van der Waals surface area contributed by atoms with Crippen molar-refractivity contribution in [3.8, 4) is 0 Å². The maximum atomic E-state index is 13.2. The van der Waals surface area contributed by atoms with Crippen molar-refractivity contribution in [3.63, 3.8) is 0 Å². The average molecular weight is 919 g/mol. The lowest BCUT2D eigenvalue weighted by Gasteiger charge is -2.37. The van der Waals surface area contributed by atoms with Crippen LogP contribution < -0.4 is 0 Å². The third-order valence-electron chi connectivity index (χ3n) is 10.9. The van der Waals surface area contributed by atoms with E-state index in [0.29, 0.717) is 0 Å². The zero-order valence-corrected chi connectivity index (χ0v) is 35.7. The van der Waals surface area contributed by atoms with Gasteiger partial charge in [0.1, 0.15) is 61.3 Å². The van der Waals surface area contributed by atoms with Gasteiger partial charge in [-0.1, -0.05) is 0 Å². The standard InChI is InChI=1S/C38H62O25/c1-31(5-39,6-40)25(49)56-17-35(18-57-26(50)32(2,7-41)8-42,21-60-29(53)37(13-47)23-62-37)15-55-16-36(19-58-27(51)33(3,9-43)10-44,20-59-28(52)34(4,11-45)12-46)22-61-30(54)38(14-48)24-63-38/h39-48H,5-24H2,1-4H3. The van der Waals surface area contributed by atoms with Crippen LogP contribution in [0.5, 0.6) is 0 Å². The topological polar surface area (TPSA) is 394 Å². The Balaban J connectivity index is 2.73. The summed E-state index contributed by atoms with van der Waals surface area (Å²) in [6, 6.07) is 0. The van der Waals surface area contributed by atoms with Crippen LogP contribution >= 0.6 is 0 Å². The normalized spacial score (nSPS) is 19.1. The van der Waals surface area contributed by atoms with Gasteiger partial charge < -0.3 is 93.7 Å². The minimum atomic E-state index is -2.05. The van der Waals surface area contributed by atoms with Gasteiger partial charge >= 0.3 is 35.8 Å². The Bertz CT molecular complexity index is 1360. The third kappa shape index (κ3) is 13.7. The maximum Gasteiger partial charge on any atom is 0.343 e. The summed E-state index contributed by atoms with van der Waals surface area (Å²) in [7, 11) is 0. The highest BCUT2D eigenvalue weighted by Crippen LogP contribution is 2.34. The zero-order chi connectivity index (χ0) is 48.0. The molecular formula is C38H62O25. The van der Waals surface area contributed by atoms with Crippen LogP contribution in [-0.2, 0) is 71.4 Å². The van der Waals surface area contributed by atoms with Crippen LogP contribution in [0.1, 0.15) is 27.7 Å². The summed E-state index contributed by atoms with van der Waals surface area (Å²) in [6.45, 7) is -12.2. The van der Waals surface area contributed by atoms with Gasteiger partial charge in [0.15, 0.2) is 0 Å². The molecule has 2 heterocycles. The van der Waals surface area contributed by atoms with Crippen LogP contribution in [0.4, 0.5) is 0 Å². The van der Waals surface area contributed by atoms with E-state index in [1.807, 2.05) is 0 Å². The Kier molecular flexibility index (Phi) is 20.2. The van der Waals surface area contributed by atoms with Crippen molar-refractivity contribution in [3.05, 3.63) is 0 Å². The Morgan fingerprint density at radius 3 is 0.778 bits per heavy atom. The Labute approximate surface area is 361 Å². The van der Waals surface area contributed by atoms with Gasteiger partial charge in [0.25, 0.3) is 0 Å². The van der Waals surface area contributed by atoms with Crippen molar-refractivity contribution in [2.24, 2.45) is 32.5 Å². The number of esters is 6. The first-order valence-corrected chi connectivity index (χ1v) is 19.5. The smallest absolute Gasteiger partial charge is 0.343 e. The molecule has 0 bridgehead atoms. The van der Waals surface area contributed by atoms with Crippen molar-refractivity contribution >= 4 is 35.8 Å². The lowest BCUT2D eigenvalue weighted by Crippen LogP contribution is -2.50. The second kappa shape index (κ2) is 23.0. The lowest BCUT2D eigenvalue weighted by atomic mass is 9.88. The molecule has 25 heteroatoms. The fourth-order valence-electron chi connectivity index (χ4n) is 4.69. The largest absolute Gasteiger partial charge is 0.464 e. The van der Waals surface area contributed by atoms with Gasteiger partial charge in [-0.25, -0.2) is 9.59 Å². The molecule has 0 amide bonds. The predicted octanol–water partition coefficient (Wildman–Crippen LogP) is -6.28. The van der Waals surface area contributed by atoms with Crippen LogP contribution in [0.2, 0.25) is 0 Å². The number of ether oxygens (including phenoxy) is 9. The van der Waals surface area contributed by atoms with E-state index < -0.39 is 198 Å². The van der Waals surface area contributed by atoms with Crippen LogP contribution in [0, 0.1) is 32.5 Å². The lowest BCUT2D eigenvalue weighted by molar-refractivity contribution is -0.188. The van der Waals surface area contributed by atoms with Crippen molar-refractivity contribution in [2.45, 2.75) is 38.9 Å². The summed E-state index contributed by atoms with van der Waals surface area (Å²) in [6.07, 6.45) is 0. The second-order valence-electron chi connectivity index (χ2n) is 17.3. The van der Waals surface area contributed by atoms with Crippen LogP contribution in [0.3, 0.4) is 0 Å². The van der Waals surface area contributed by atoms with E-state index >= 15 is 0 Å². The highest BCUT2D eigenvalue weighted by molar-refractivity contribution is 5.83. The summed E-state index contributed by atoms with van der Waals surface area (Å²) >= 11 is 0. The van der Waals surface area contributed by atoms with Crippen molar-refractivity contribution in [2.75, 3.05) is 132 Å². The molecular weight excluding hydrogens is 856 g/mol. The molecule has 2 atom stereocenters. The first kappa shape index (κ1) is 55.4. The van der Waals surface area contributed by atoms with Gasteiger partial charge in [0, 0.05) is 0 Å². The molecule has 2 saturated heterocycles. The number of hydrogen-bond donors (Lipinski definition) is 10. The number of aliphatic hydroxyl groups is 10.